The summed E-state index contributed by atoms with van der Waals surface area (Å²) in [7, 11) is -3.65. The van der Waals surface area contributed by atoms with Crippen LogP contribution < -0.4 is 0 Å². The second kappa shape index (κ2) is 6.32. The van der Waals surface area contributed by atoms with Gasteiger partial charge < -0.3 is 4.90 Å². The fourth-order valence-corrected chi connectivity index (χ4v) is 4.23. The Balaban J connectivity index is 0.00000147. The van der Waals surface area contributed by atoms with Crippen LogP contribution in [0.2, 0.25) is 0 Å². The molecule has 1 unspecified atom stereocenters. The Hall–Kier alpha value is -0.140. The minimum atomic E-state index is -3.65. The lowest BCUT2D eigenvalue weighted by atomic mass is 9.86. The van der Waals surface area contributed by atoms with Crippen molar-refractivity contribution in [2.75, 3.05) is 19.6 Å². The van der Waals surface area contributed by atoms with Crippen molar-refractivity contribution in [3.8, 4) is 0 Å². The van der Waals surface area contributed by atoms with Crippen LogP contribution in [-0.2, 0) is 14.3 Å². The molecule has 112 valence electrons. The number of fused-ring (bicyclic) bond motifs is 3. The Labute approximate surface area is 134 Å². The number of piperidine rings is 3. The summed E-state index contributed by atoms with van der Waals surface area (Å²) in [5.41, 5.74) is 0. The third kappa shape index (κ3) is 3.36. The molecule has 1 aromatic rings. The second-order valence-electron chi connectivity index (χ2n) is 5.18. The van der Waals surface area contributed by atoms with E-state index >= 15 is 0 Å². The minimum Gasteiger partial charge on any atom is -0.301 e. The number of halogens is 2. The van der Waals surface area contributed by atoms with Gasteiger partial charge in [0.25, 0.3) is 10.1 Å². The van der Waals surface area contributed by atoms with Crippen molar-refractivity contribution >= 4 is 38.5 Å². The maximum absolute atomic E-state index is 12.2. The summed E-state index contributed by atoms with van der Waals surface area (Å²) in [5.74, 6) is 0.384. The molecule has 0 saturated carbocycles. The third-order valence-corrected chi connectivity index (χ3v) is 5.83. The van der Waals surface area contributed by atoms with Gasteiger partial charge in [-0.1, -0.05) is 15.9 Å². The van der Waals surface area contributed by atoms with Crippen LogP contribution in [0.25, 0.3) is 0 Å². The zero-order valence-electron chi connectivity index (χ0n) is 10.9. The lowest BCUT2D eigenvalue weighted by molar-refractivity contribution is -0.00428. The van der Waals surface area contributed by atoms with Crippen LogP contribution in [0.3, 0.4) is 0 Å². The van der Waals surface area contributed by atoms with Crippen LogP contribution in [0, 0.1) is 5.92 Å². The normalized spacial score (nSPS) is 28.9. The molecule has 3 heterocycles. The first-order chi connectivity index (χ1) is 9.04. The van der Waals surface area contributed by atoms with Crippen LogP contribution in [-0.4, -0.2) is 39.1 Å². The highest BCUT2D eigenvalue weighted by Crippen LogP contribution is 2.31. The van der Waals surface area contributed by atoms with Gasteiger partial charge in [-0.05, 0) is 56.1 Å². The van der Waals surface area contributed by atoms with Crippen molar-refractivity contribution in [1.82, 2.24) is 4.90 Å². The Morgan fingerprint density at radius 3 is 2.25 bits per heavy atom. The van der Waals surface area contributed by atoms with Gasteiger partial charge in [-0.25, -0.2) is 0 Å². The van der Waals surface area contributed by atoms with Crippen molar-refractivity contribution in [2.24, 2.45) is 5.92 Å². The molecule has 3 aliphatic rings. The molecule has 0 aliphatic carbocycles. The smallest absolute Gasteiger partial charge is 0.297 e. The fourth-order valence-electron chi connectivity index (χ4n) is 2.84. The lowest BCUT2D eigenvalue weighted by Gasteiger charge is -2.43. The van der Waals surface area contributed by atoms with E-state index < -0.39 is 10.1 Å². The first-order valence-electron chi connectivity index (χ1n) is 6.46. The molecule has 3 aliphatic heterocycles. The summed E-state index contributed by atoms with van der Waals surface area (Å²) in [6, 6.07) is 6.57. The van der Waals surface area contributed by atoms with E-state index in [2.05, 4.69) is 20.8 Å². The molecule has 0 N–H and O–H groups in total. The van der Waals surface area contributed by atoms with Crippen molar-refractivity contribution in [1.29, 1.82) is 0 Å². The van der Waals surface area contributed by atoms with Crippen LogP contribution in [0.15, 0.2) is 33.6 Å². The number of rotatable bonds is 3. The molecule has 0 radical (unpaired) electrons. The molecule has 4 rings (SSSR count). The van der Waals surface area contributed by atoms with Crippen LogP contribution in [0.5, 0.6) is 0 Å². The van der Waals surface area contributed by atoms with E-state index in [1.54, 1.807) is 24.3 Å². The summed E-state index contributed by atoms with van der Waals surface area (Å²) in [4.78, 5) is 2.51. The van der Waals surface area contributed by atoms with Gasteiger partial charge in [-0.2, -0.15) is 8.42 Å². The summed E-state index contributed by atoms with van der Waals surface area (Å²) >= 11 is 3.29. The second-order valence-corrected chi connectivity index (χ2v) is 7.67. The molecule has 0 amide bonds. The predicted molar refractivity (Wildman–Crippen MR) is 82.6 cm³/mol. The van der Waals surface area contributed by atoms with E-state index in [-0.39, 0.29) is 23.4 Å². The minimum absolute atomic E-state index is 0. The first-order valence-corrected chi connectivity index (χ1v) is 8.66. The molecule has 7 heteroatoms. The third-order valence-electron chi connectivity index (χ3n) is 3.95. The number of hydrogen-bond acceptors (Lipinski definition) is 4. The van der Waals surface area contributed by atoms with Crippen molar-refractivity contribution in [3.63, 3.8) is 0 Å². The molecular formula is C13H17BrClNO3S. The van der Waals surface area contributed by atoms with Gasteiger partial charge >= 0.3 is 0 Å². The molecular weight excluding hydrogens is 366 g/mol. The Morgan fingerprint density at radius 1 is 1.15 bits per heavy atom. The van der Waals surface area contributed by atoms with Gasteiger partial charge in [0, 0.05) is 11.0 Å². The Morgan fingerprint density at radius 2 is 1.75 bits per heavy atom. The first kappa shape index (κ1) is 16.2. The van der Waals surface area contributed by atoms with Crippen molar-refractivity contribution < 1.29 is 12.6 Å². The van der Waals surface area contributed by atoms with Gasteiger partial charge in [-0.15, -0.1) is 12.4 Å². The molecule has 1 aromatic carbocycles. The average molecular weight is 383 g/mol. The number of nitrogens with zero attached hydrogens (tertiary/aromatic N) is 1. The van der Waals surface area contributed by atoms with Gasteiger partial charge in [0.15, 0.2) is 0 Å². The molecule has 20 heavy (non-hydrogen) atoms. The highest BCUT2D eigenvalue weighted by molar-refractivity contribution is 9.10. The highest BCUT2D eigenvalue weighted by Gasteiger charge is 2.37. The zero-order chi connectivity index (χ0) is 13.5. The van der Waals surface area contributed by atoms with Gasteiger partial charge in [0.1, 0.15) is 0 Å². The van der Waals surface area contributed by atoms with E-state index in [0.717, 1.165) is 36.9 Å². The largest absolute Gasteiger partial charge is 0.301 e. The Bertz CT molecular complexity index is 555. The molecule has 3 fully saturated rings. The van der Waals surface area contributed by atoms with E-state index in [4.69, 9.17) is 4.18 Å². The van der Waals surface area contributed by atoms with Gasteiger partial charge in [0.05, 0.1) is 11.0 Å². The Kier molecular flexibility index (Phi) is 5.13. The molecule has 2 bridgehead atoms. The van der Waals surface area contributed by atoms with E-state index in [1.807, 2.05) is 0 Å². The molecule has 1 atom stereocenters. The summed E-state index contributed by atoms with van der Waals surface area (Å²) in [5, 5.41) is 0. The average Bonchev–Trinajstić information content (AvgIpc) is 2.40. The maximum Gasteiger partial charge on any atom is 0.297 e. The van der Waals surface area contributed by atoms with Gasteiger partial charge in [-0.3, -0.25) is 4.18 Å². The topological polar surface area (TPSA) is 46.6 Å². The number of hydrogen-bond donors (Lipinski definition) is 0. The van der Waals surface area contributed by atoms with Gasteiger partial charge in [0.2, 0.25) is 0 Å². The highest BCUT2D eigenvalue weighted by atomic mass is 79.9. The van der Waals surface area contributed by atoms with Crippen LogP contribution in [0.1, 0.15) is 12.8 Å². The van der Waals surface area contributed by atoms with E-state index in [0.29, 0.717) is 5.92 Å². The molecule has 0 spiro atoms. The molecule has 3 saturated heterocycles. The fraction of sp³-hybridized carbons (Fsp3) is 0.538. The van der Waals surface area contributed by atoms with E-state index in [9.17, 15) is 8.42 Å². The quantitative estimate of drug-likeness (QED) is 0.754. The molecule has 4 nitrogen and oxygen atoms in total. The van der Waals surface area contributed by atoms with Crippen molar-refractivity contribution in [3.05, 3.63) is 28.7 Å². The van der Waals surface area contributed by atoms with Crippen molar-refractivity contribution in [2.45, 2.75) is 23.8 Å². The van der Waals surface area contributed by atoms with Crippen LogP contribution in [0.4, 0.5) is 0 Å². The predicted octanol–water partition coefficient (Wildman–Crippen LogP) is 2.67. The van der Waals surface area contributed by atoms with Crippen LogP contribution >= 0.6 is 28.3 Å². The summed E-state index contributed by atoms with van der Waals surface area (Å²) in [6.45, 7) is 2.88. The standard InChI is InChI=1S/C13H16BrNO3S.ClH/c14-11-1-3-12(4-2-11)19(16,17)18-13-9-15-7-5-10(13)6-8-15;/h1-4,10,13H,5-9H2;1H. The summed E-state index contributed by atoms with van der Waals surface area (Å²) < 4.78 is 30.8. The van der Waals surface area contributed by atoms with E-state index in [1.165, 1.54) is 0 Å². The number of benzene rings is 1. The SMILES string of the molecule is Cl.O=S(=O)(OC1CN2CCC1CC2)c1ccc(Br)cc1. The summed E-state index contributed by atoms with van der Waals surface area (Å²) in [6.07, 6.45) is 1.90. The monoisotopic (exact) mass is 381 g/mol. The lowest BCUT2D eigenvalue weighted by Crippen LogP contribution is -2.51. The zero-order valence-corrected chi connectivity index (χ0v) is 14.1. The molecule has 0 aromatic heterocycles. The maximum atomic E-state index is 12.2.